The number of carbonyl (C=O) groups excluding carboxylic acids is 1. The van der Waals surface area contributed by atoms with Gasteiger partial charge in [0.05, 0.1) is 6.04 Å². The summed E-state index contributed by atoms with van der Waals surface area (Å²) in [7, 11) is 0. The molecule has 6 heteroatoms. The molecule has 0 saturated carbocycles. The highest BCUT2D eigenvalue weighted by Gasteiger charge is 2.21. The third kappa shape index (κ3) is 3.08. The molecule has 24 heavy (non-hydrogen) atoms. The van der Waals surface area contributed by atoms with E-state index < -0.39 is 0 Å². The standard InChI is InChI=1S/C18H18N2O4/c21-18(19-13-5-6-16-17(10-13)23-8-7-22-16)20-14-9-12-3-1-2-4-15(12)24-11-14/h1-6,10,14H,7-9,11H2,(H2,19,20,21). The number of amides is 2. The maximum atomic E-state index is 12.2. The zero-order valence-corrected chi connectivity index (χ0v) is 13.1. The number of carbonyl (C=O) groups is 1. The van der Waals surface area contributed by atoms with Crippen LogP contribution >= 0.6 is 0 Å². The predicted octanol–water partition coefficient (Wildman–Crippen LogP) is 2.58. The highest BCUT2D eigenvalue weighted by molar-refractivity contribution is 5.90. The number of nitrogens with one attached hydrogen (secondary N) is 2. The first kappa shape index (κ1) is 14.7. The van der Waals surface area contributed by atoms with Gasteiger partial charge in [0.25, 0.3) is 0 Å². The molecule has 1 atom stereocenters. The fourth-order valence-corrected chi connectivity index (χ4v) is 2.89. The third-order valence-corrected chi connectivity index (χ3v) is 4.01. The van der Waals surface area contributed by atoms with Crippen molar-refractivity contribution >= 4 is 11.7 Å². The molecule has 1 unspecified atom stereocenters. The van der Waals surface area contributed by atoms with Gasteiger partial charge in [-0.25, -0.2) is 4.79 Å². The van der Waals surface area contributed by atoms with Crippen molar-refractivity contribution in [3.05, 3.63) is 48.0 Å². The molecule has 0 bridgehead atoms. The first-order chi connectivity index (χ1) is 11.8. The van der Waals surface area contributed by atoms with E-state index >= 15 is 0 Å². The third-order valence-electron chi connectivity index (χ3n) is 4.01. The Labute approximate surface area is 139 Å². The van der Waals surface area contributed by atoms with E-state index in [2.05, 4.69) is 10.6 Å². The van der Waals surface area contributed by atoms with Gasteiger partial charge in [-0.3, -0.25) is 0 Å². The highest BCUT2D eigenvalue weighted by atomic mass is 16.6. The fraction of sp³-hybridized carbons (Fsp3) is 0.278. The maximum Gasteiger partial charge on any atom is 0.319 e. The van der Waals surface area contributed by atoms with Crippen molar-refractivity contribution < 1.29 is 19.0 Å². The summed E-state index contributed by atoms with van der Waals surface area (Å²) < 4.78 is 16.7. The normalized spacial score (nSPS) is 18.1. The van der Waals surface area contributed by atoms with Crippen LogP contribution in [0.3, 0.4) is 0 Å². The Morgan fingerprint density at radius 1 is 0.958 bits per heavy atom. The van der Waals surface area contributed by atoms with Crippen molar-refractivity contribution in [2.75, 3.05) is 25.1 Å². The van der Waals surface area contributed by atoms with E-state index in [0.29, 0.717) is 37.0 Å². The van der Waals surface area contributed by atoms with Crippen LogP contribution in [0, 0.1) is 0 Å². The van der Waals surface area contributed by atoms with Gasteiger partial charge in [0.2, 0.25) is 0 Å². The summed E-state index contributed by atoms with van der Waals surface area (Å²) in [5.74, 6) is 2.24. The van der Waals surface area contributed by atoms with Crippen molar-refractivity contribution in [3.8, 4) is 17.2 Å². The summed E-state index contributed by atoms with van der Waals surface area (Å²) in [6.07, 6.45) is 0.755. The monoisotopic (exact) mass is 326 g/mol. The van der Waals surface area contributed by atoms with Crippen LogP contribution in [0.5, 0.6) is 17.2 Å². The number of hydrogen-bond acceptors (Lipinski definition) is 4. The predicted molar refractivity (Wildman–Crippen MR) is 89.0 cm³/mol. The Balaban J connectivity index is 1.37. The van der Waals surface area contributed by atoms with E-state index in [0.717, 1.165) is 17.7 Å². The summed E-state index contributed by atoms with van der Waals surface area (Å²) in [5.41, 5.74) is 1.77. The van der Waals surface area contributed by atoms with Gasteiger partial charge in [0.15, 0.2) is 11.5 Å². The topological polar surface area (TPSA) is 68.8 Å². The molecule has 2 aromatic rings. The van der Waals surface area contributed by atoms with Crippen molar-refractivity contribution in [2.24, 2.45) is 0 Å². The Morgan fingerprint density at radius 3 is 2.71 bits per heavy atom. The van der Waals surface area contributed by atoms with Gasteiger partial charge in [-0.05, 0) is 30.2 Å². The summed E-state index contributed by atoms with van der Waals surface area (Å²) >= 11 is 0. The number of benzene rings is 2. The van der Waals surface area contributed by atoms with Crippen LogP contribution in [0.15, 0.2) is 42.5 Å². The van der Waals surface area contributed by atoms with E-state index in [1.807, 2.05) is 24.3 Å². The molecule has 0 aromatic heterocycles. The second-order valence-corrected chi connectivity index (χ2v) is 5.78. The average Bonchev–Trinajstić information content (AvgIpc) is 2.61. The Kier molecular flexibility index (Phi) is 3.86. The number of para-hydroxylation sites is 1. The van der Waals surface area contributed by atoms with Crippen LogP contribution in [0.4, 0.5) is 10.5 Å². The molecule has 2 amide bonds. The molecule has 124 valence electrons. The zero-order chi connectivity index (χ0) is 16.4. The Bertz CT molecular complexity index is 762. The van der Waals surface area contributed by atoms with Crippen molar-refractivity contribution in [1.29, 1.82) is 0 Å². The van der Waals surface area contributed by atoms with Crippen LogP contribution in [0.25, 0.3) is 0 Å². The molecule has 2 aliphatic rings. The zero-order valence-electron chi connectivity index (χ0n) is 13.1. The molecule has 2 N–H and O–H groups in total. The largest absolute Gasteiger partial charge is 0.491 e. The van der Waals surface area contributed by atoms with Crippen molar-refractivity contribution in [1.82, 2.24) is 5.32 Å². The lowest BCUT2D eigenvalue weighted by Gasteiger charge is -2.26. The molecule has 2 heterocycles. The number of urea groups is 1. The van der Waals surface area contributed by atoms with E-state index in [1.165, 1.54) is 0 Å². The number of hydrogen-bond donors (Lipinski definition) is 2. The Morgan fingerprint density at radius 2 is 1.79 bits per heavy atom. The molecule has 4 rings (SSSR count). The van der Waals surface area contributed by atoms with Gasteiger partial charge in [-0.1, -0.05) is 18.2 Å². The first-order valence-electron chi connectivity index (χ1n) is 7.96. The number of anilines is 1. The molecule has 2 aliphatic heterocycles. The van der Waals surface area contributed by atoms with E-state index in [4.69, 9.17) is 14.2 Å². The lowest BCUT2D eigenvalue weighted by molar-refractivity contribution is 0.171. The molecule has 0 radical (unpaired) electrons. The van der Waals surface area contributed by atoms with Gasteiger partial charge in [0, 0.05) is 11.8 Å². The van der Waals surface area contributed by atoms with Crippen LogP contribution in [-0.4, -0.2) is 31.9 Å². The number of ether oxygens (including phenoxy) is 3. The molecule has 2 aromatic carbocycles. The minimum absolute atomic E-state index is 0.0582. The summed E-state index contributed by atoms with van der Waals surface area (Å²) in [6, 6.07) is 12.9. The maximum absolute atomic E-state index is 12.2. The fourth-order valence-electron chi connectivity index (χ4n) is 2.89. The first-order valence-corrected chi connectivity index (χ1v) is 7.96. The molecule has 0 saturated heterocycles. The summed E-state index contributed by atoms with van der Waals surface area (Å²) in [6.45, 7) is 1.52. The van der Waals surface area contributed by atoms with Gasteiger partial charge in [-0.15, -0.1) is 0 Å². The highest BCUT2D eigenvalue weighted by Crippen LogP contribution is 2.32. The quantitative estimate of drug-likeness (QED) is 0.890. The molecule has 0 fully saturated rings. The van der Waals surface area contributed by atoms with Crippen LogP contribution in [-0.2, 0) is 6.42 Å². The number of rotatable bonds is 2. The lowest BCUT2D eigenvalue weighted by atomic mass is 10.0. The van der Waals surface area contributed by atoms with Gasteiger partial charge < -0.3 is 24.8 Å². The van der Waals surface area contributed by atoms with E-state index in [9.17, 15) is 4.79 Å². The van der Waals surface area contributed by atoms with Gasteiger partial charge >= 0.3 is 6.03 Å². The van der Waals surface area contributed by atoms with Gasteiger partial charge in [0.1, 0.15) is 25.6 Å². The summed E-state index contributed by atoms with van der Waals surface area (Å²) in [4.78, 5) is 12.2. The smallest absolute Gasteiger partial charge is 0.319 e. The van der Waals surface area contributed by atoms with Crippen LogP contribution < -0.4 is 24.8 Å². The molecule has 0 aliphatic carbocycles. The van der Waals surface area contributed by atoms with Crippen LogP contribution in [0.2, 0.25) is 0 Å². The van der Waals surface area contributed by atoms with Crippen molar-refractivity contribution in [2.45, 2.75) is 12.5 Å². The van der Waals surface area contributed by atoms with Gasteiger partial charge in [-0.2, -0.15) is 0 Å². The number of fused-ring (bicyclic) bond motifs is 2. The lowest BCUT2D eigenvalue weighted by Crippen LogP contribution is -2.44. The van der Waals surface area contributed by atoms with Crippen molar-refractivity contribution in [3.63, 3.8) is 0 Å². The second-order valence-electron chi connectivity index (χ2n) is 5.78. The average molecular weight is 326 g/mol. The van der Waals surface area contributed by atoms with E-state index in [-0.39, 0.29) is 12.1 Å². The molecular weight excluding hydrogens is 308 g/mol. The Hall–Kier alpha value is -2.89. The molecule has 6 nitrogen and oxygen atoms in total. The SMILES string of the molecule is O=C(Nc1ccc2c(c1)OCCO2)NC1COc2ccccc2C1. The van der Waals surface area contributed by atoms with Crippen LogP contribution in [0.1, 0.15) is 5.56 Å². The van der Waals surface area contributed by atoms with E-state index in [1.54, 1.807) is 18.2 Å². The molecular formula is C18H18N2O4. The molecule has 0 spiro atoms. The second kappa shape index (κ2) is 6.31. The summed E-state index contributed by atoms with van der Waals surface area (Å²) in [5, 5.41) is 5.76. The minimum Gasteiger partial charge on any atom is -0.491 e. The minimum atomic E-state index is -0.264.